The van der Waals surface area contributed by atoms with E-state index in [4.69, 9.17) is 14.9 Å². The van der Waals surface area contributed by atoms with E-state index >= 15 is 0 Å². The summed E-state index contributed by atoms with van der Waals surface area (Å²) in [5, 5.41) is 1.85. The van der Waals surface area contributed by atoms with Crippen LogP contribution >= 0.6 is 0 Å². The molecule has 0 amide bonds. The summed E-state index contributed by atoms with van der Waals surface area (Å²) in [5.74, 6) is 1.53. The zero-order valence-electron chi connectivity index (χ0n) is 9.67. The second kappa shape index (κ2) is 4.41. The van der Waals surface area contributed by atoms with Gasteiger partial charge in [-0.3, -0.25) is 4.98 Å². The number of hydrogen-bond donors (Lipinski definition) is 1. The van der Waals surface area contributed by atoms with E-state index in [1.165, 1.54) is 0 Å². The third-order valence-electron chi connectivity index (χ3n) is 2.76. The zero-order chi connectivity index (χ0) is 12.4. The van der Waals surface area contributed by atoms with E-state index in [9.17, 15) is 0 Å². The quantitative estimate of drug-likeness (QED) is 0.715. The van der Waals surface area contributed by atoms with Crippen molar-refractivity contribution in [1.29, 1.82) is 0 Å². The molecule has 2 heterocycles. The molecule has 0 unspecified atom stereocenters. The van der Waals surface area contributed by atoms with Gasteiger partial charge in [-0.1, -0.05) is 0 Å². The average molecular weight is 240 g/mol. The van der Waals surface area contributed by atoms with Crippen molar-refractivity contribution in [2.45, 2.75) is 6.61 Å². The van der Waals surface area contributed by atoms with Crippen LogP contribution in [0.2, 0.25) is 0 Å². The van der Waals surface area contributed by atoms with E-state index in [1.807, 2.05) is 30.3 Å². The highest BCUT2D eigenvalue weighted by Crippen LogP contribution is 2.29. The van der Waals surface area contributed by atoms with Crippen molar-refractivity contribution < 1.29 is 9.15 Å². The van der Waals surface area contributed by atoms with E-state index in [2.05, 4.69) is 4.98 Å². The SMILES string of the molecule is Nc1ccc(OCc2ccco2)c2cnccc12. The van der Waals surface area contributed by atoms with Crippen molar-refractivity contribution in [2.24, 2.45) is 0 Å². The first kappa shape index (κ1) is 10.7. The third kappa shape index (κ3) is 1.88. The van der Waals surface area contributed by atoms with Crippen LogP contribution in [0, 0.1) is 0 Å². The summed E-state index contributed by atoms with van der Waals surface area (Å²) in [6, 6.07) is 9.27. The molecule has 0 fully saturated rings. The largest absolute Gasteiger partial charge is 0.485 e. The number of aromatic nitrogens is 1. The Hall–Kier alpha value is -2.49. The van der Waals surface area contributed by atoms with E-state index in [0.29, 0.717) is 6.61 Å². The number of rotatable bonds is 3. The number of nitrogen functional groups attached to an aromatic ring is 1. The van der Waals surface area contributed by atoms with Gasteiger partial charge in [-0.15, -0.1) is 0 Å². The normalized spacial score (nSPS) is 10.7. The summed E-state index contributed by atoms with van der Waals surface area (Å²) < 4.78 is 11.0. The number of benzene rings is 1. The number of pyridine rings is 1. The molecule has 90 valence electrons. The molecule has 0 saturated carbocycles. The molecule has 4 nitrogen and oxygen atoms in total. The van der Waals surface area contributed by atoms with Crippen LogP contribution in [0.1, 0.15) is 5.76 Å². The molecule has 18 heavy (non-hydrogen) atoms. The van der Waals surface area contributed by atoms with E-state index in [1.54, 1.807) is 18.7 Å². The highest BCUT2D eigenvalue weighted by Gasteiger charge is 2.06. The summed E-state index contributed by atoms with van der Waals surface area (Å²) in [5.41, 5.74) is 6.63. The first-order valence-electron chi connectivity index (χ1n) is 5.62. The molecule has 1 aromatic carbocycles. The van der Waals surface area contributed by atoms with Gasteiger partial charge in [0, 0.05) is 28.9 Å². The molecule has 3 rings (SSSR count). The van der Waals surface area contributed by atoms with Gasteiger partial charge in [0.1, 0.15) is 18.1 Å². The van der Waals surface area contributed by atoms with Crippen LogP contribution in [0.5, 0.6) is 5.75 Å². The summed E-state index contributed by atoms with van der Waals surface area (Å²) in [6.45, 7) is 0.390. The van der Waals surface area contributed by atoms with E-state index in [0.717, 1.165) is 28.0 Å². The fraction of sp³-hybridized carbons (Fsp3) is 0.0714. The lowest BCUT2D eigenvalue weighted by Crippen LogP contribution is -1.96. The number of furan rings is 1. The molecule has 0 aliphatic rings. The fourth-order valence-electron chi connectivity index (χ4n) is 1.86. The molecule has 0 aliphatic heterocycles. The molecular weight excluding hydrogens is 228 g/mol. The Morgan fingerprint density at radius 3 is 2.94 bits per heavy atom. The summed E-state index contributed by atoms with van der Waals surface area (Å²) >= 11 is 0. The molecule has 0 aliphatic carbocycles. The number of anilines is 1. The minimum absolute atomic E-state index is 0.390. The van der Waals surface area contributed by atoms with Crippen LogP contribution in [-0.4, -0.2) is 4.98 Å². The number of hydrogen-bond acceptors (Lipinski definition) is 4. The van der Waals surface area contributed by atoms with Crippen molar-refractivity contribution in [1.82, 2.24) is 4.98 Å². The highest BCUT2D eigenvalue weighted by atomic mass is 16.5. The molecule has 2 N–H and O–H groups in total. The summed E-state index contributed by atoms with van der Waals surface area (Å²) in [4.78, 5) is 4.10. The van der Waals surface area contributed by atoms with Gasteiger partial charge in [0.25, 0.3) is 0 Å². The minimum atomic E-state index is 0.390. The van der Waals surface area contributed by atoms with Crippen LogP contribution < -0.4 is 10.5 Å². The molecular formula is C14H12N2O2. The molecule has 0 atom stereocenters. The number of fused-ring (bicyclic) bond motifs is 1. The molecule has 3 aromatic rings. The maximum Gasteiger partial charge on any atom is 0.146 e. The van der Waals surface area contributed by atoms with Crippen molar-refractivity contribution in [3.05, 3.63) is 54.7 Å². The summed E-state index contributed by atoms with van der Waals surface area (Å²) in [6.07, 6.45) is 5.10. The van der Waals surface area contributed by atoms with Crippen LogP contribution in [0.25, 0.3) is 10.8 Å². The maximum absolute atomic E-state index is 5.91. The smallest absolute Gasteiger partial charge is 0.146 e. The Morgan fingerprint density at radius 2 is 2.11 bits per heavy atom. The van der Waals surface area contributed by atoms with Gasteiger partial charge in [0.05, 0.1) is 6.26 Å². The predicted molar refractivity (Wildman–Crippen MR) is 69.2 cm³/mol. The Kier molecular flexibility index (Phi) is 2.61. The average Bonchev–Trinajstić information content (AvgIpc) is 2.92. The third-order valence-corrected chi connectivity index (χ3v) is 2.76. The lowest BCUT2D eigenvalue weighted by molar-refractivity contribution is 0.273. The maximum atomic E-state index is 5.91. The first-order valence-corrected chi connectivity index (χ1v) is 5.62. The lowest BCUT2D eigenvalue weighted by Gasteiger charge is -2.09. The van der Waals surface area contributed by atoms with E-state index < -0.39 is 0 Å². The molecule has 0 radical (unpaired) electrons. The predicted octanol–water partition coefficient (Wildman–Crippen LogP) is 2.99. The standard InChI is InChI=1S/C14H12N2O2/c15-13-3-4-14(12-8-16-6-5-11(12)13)18-9-10-2-1-7-17-10/h1-8H,9,15H2. The minimum Gasteiger partial charge on any atom is -0.485 e. The van der Waals surface area contributed by atoms with Crippen LogP contribution in [-0.2, 0) is 6.61 Å². The van der Waals surface area contributed by atoms with Gasteiger partial charge in [0.2, 0.25) is 0 Å². The topological polar surface area (TPSA) is 61.3 Å². The van der Waals surface area contributed by atoms with Gasteiger partial charge in [-0.2, -0.15) is 0 Å². The Balaban J connectivity index is 1.94. The molecule has 0 spiro atoms. The zero-order valence-corrected chi connectivity index (χ0v) is 9.67. The Labute approximate surface area is 104 Å². The first-order chi connectivity index (χ1) is 8.84. The lowest BCUT2D eigenvalue weighted by atomic mass is 10.1. The fourth-order valence-corrected chi connectivity index (χ4v) is 1.86. The molecule has 4 heteroatoms. The summed E-state index contributed by atoms with van der Waals surface area (Å²) in [7, 11) is 0. The molecule has 0 bridgehead atoms. The van der Waals surface area contributed by atoms with Gasteiger partial charge < -0.3 is 14.9 Å². The monoisotopic (exact) mass is 240 g/mol. The number of nitrogens with two attached hydrogens (primary N) is 1. The van der Waals surface area contributed by atoms with Crippen LogP contribution in [0.4, 0.5) is 5.69 Å². The second-order valence-electron chi connectivity index (χ2n) is 3.94. The molecule has 2 aromatic heterocycles. The van der Waals surface area contributed by atoms with Crippen LogP contribution in [0.3, 0.4) is 0 Å². The van der Waals surface area contributed by atoms with Crippen molar-refractivity contribution in [3.8, 4) is 5.75 Å². The Morgan fingerprint density at radius 1 is 1.17 bits per heavy atom. The van der Waals surface area contributed by atoms with Crippen molar-refractivity contribution in [3.63, 3.8) is 0 Å². The molecule has 0 saturated heterocycles. The van der Waals surface area contributed by atoms with Gasteiger partial charge in [-0.25, -0.2) is 0 Å². The van der Waals surface area contributed by atoms with Crippen molar-refractivity contribution in [2.75, 3.05) is 5.73 Å². The Bertz CT molecular complexity index is 663. The highest BCUT2D eigenvalue weighted by molar-refractivity contribution is 5.96. The van der Waals surface area contributed by atoms with Gasteiger partial charge in [0.15, 0.2) is 0 Å². The van der Waals surface area contributed by atoms with Gasteiger partial charge >= 0.3 is 0 Å². The van der Waals surface area contributed by atoms with E-state index in [-0.39, 0.29) is 0 Å². The van der Waals surface area contributed by atoms with Crippen molar-refractivity contribution >= 4 is 16.5 Å². The number of ether oxygens (including phenoxy) is 1. The number of nitrogens with zero attached hydrogens (tertiary/aromatic N) is 1. The van der Waals surface area contributed by atoms with Crippen LogP contribution in [0.15, 0.2) is 53.4 Å². The second-order valence-corrected chi connectivity index (χ2v) is 3.94. The van der Waals surface area contributed by atoms with Gasteiger partial charge in [-0.05, 0) is 30.3 Å².